The Hall–Kier alpha value is -2.90. The fourth-order valence-electron chi connectivity index (χ4n) is 3.13. The van der Waals surface area contributed by atoms with Gasteiger partial charge >= 0.3 is 5.97 Å². The number of benzene rings is 2. The van der Waals surface area contributed by atoms with Gasteiger partial charge in [-0.2, -0.15) is 0 Å². The lowest BCUT2D eigenvalue weighted by atomic mass is 10.0. The number of non-ortho nitro benzene ring substituents is 1. The second-order valence-corrected chi connectivity index (χ2v) is 5.71. The quantitative estimate of drug-likeness (QED) is 0.393. The van der Waals surface area contributed by atoms with Crippen LogP contribution >= 0.6 is 12.4 Å². The molecule has 2 N–H and O–H groups in total. The Balaban J connectivity index is 0.00000261. The molecule has 0 atom stereocenters. The zero-order valence-corrected chi connectivity index (χ0v) is 15.6. The van der Waals surface area contributed by atoms with Crippen molar-refractivity contribution in [2.24, 2.45) is 5.73 Å². The lowest BCUT2D eigenvalue weighted by molar-refractivity contribution is -0.384. The van der Waals surface area contributed by atoms with Crippen LogP contribution in [0.3, 0.4) is 0 Å². The topological polar surface area (TPSA) is 100 Å². The van der Waals surface area contributed by atoms with E-state index in [0.29, 0.717) is 35.2 Å². The highest BCUT2D eigenvalue weighted by atomic mass is 35.5. The molecule has 0 amide bonds. The van der Waals surface area contributed by atoms with Crippen molar-refractivity contribution in [3.8, 4) is 11.1 Å². The molecule has 0 aliphatic carbocycles. The molecule has 0 saturated heterocycles. The average molecular weight is 390 g/mol. The van der Waals surface area contributed by atoms with Gasteiger partial charge in [-0.3, -0.25) is 10.1 Å². The first-order valence-electron chi connectivity index (χ1n) is 8.31. The Bertz CT molecular complexity index is 970. The maximum Gasteiger partial charge on any atom is 0.355 e. The zero-order valence-electron chi connectivity index (χ0n) is 14.8. The fraction of sp³-hybridized carbons (Fsp3) is 0.211. The van der Waals surface area contributed by atoms with Gasteiger partial charge in [0.25, 0.3) is 5.69 Å². The molecule has 7 nitrogen and oxygen atoms in total. The van der Waals surface area contributed by atoms with E-state index in [-0.39, 0.29) is 24.7 Å². The second-order valence-electron chi connectivity index (χ2n) is 5.71. The number of carbonyl (C=O) groups is 1. The van der Waals surface area contributed by atoms with Gasteiger partial charge in [0.15, 0.2) is 0 Å². The number of nitro benzene ring substituents is 1. The van der Waals surface area contributed by atoms with Crippen LogP contribution in [0.4, 0.5) is 5.69 Å². The van der Waals surface area contributed by atoms with E-state index in [1.54, 1.807) is 17.6 Å². The first kappa shape index (κ1) is 20.4. The van der Waals surface area contributed by atoms with Crippen LogP contribution < -0.4 is 5.73 Å². The predicted molar refractivity (Wildman–Crippen MR) is 106 cm³/mol. The number of aromatic nitrogens is 1. The first-order chi connectivity index (χ1) is 12.6. The lowest BCUT2D eigenvalue weighted by Crippen LogP contribution is -2.17. The van der Waals surface area contributed by atoms with Gasteiger partial charge in [0, 0.05) is 41.7 Å². The lowest BCUT2D eigenvalue weighted by Gasteiger charge is -2.10. The maximum absolute atomic E-state index is 12.7. The number of carbonyl (C=O) groups excluding carboxylic acids is 1. The van der Waals surface area contributed by atoms with Crippen LogP contribution in [0.15, 0.2) is 48.5 Å². The van der Waals surface area contributed by atoms with Crippen LogP contribution in [0.25, 0.3) is 22.0 Å². The number of nitro groups is 1. The third-order valence-electron chi connectivity index (χ3n) is 4.14. The van der Waals surface area contributed by atoms with E-state index in [4.69, 9.17) is 10.5 Å². The van der Waals surface area contributed by atoms with Crippen LogP contribution in [-0.4, -0.2) is 28.6 Å². The maximum atomic E-state index is 12.7. The molecule has 142 valence electrons. The molecule has 0 unspecified atom stereocenters. The number of fused-ring (bicyclic) bond motifs is 1. The van der Waals surface area contributed by atoms with Crippen molar-refractivity contribution in [2.45, 2.75) is 13.5 Å². The number of rotatable bonds is 6. The summed E-state index contributed by atoms with van der Waals surface area (Å²) in [5.41, 5.74) is 8.19. The largest absolute Gasteiger partial charge is 0.461 e. The molecular formula is C19H20ClN3O4. The molecular weight excluding hydrogens is 370 g/mol. The van der Waals surface area contributed by atoms with E-state index in [0.717, 1.165) is 5.56 Å². The molecule has 0 saturated carbocycles. The predicted octanol–water partition coefficient (Wildman–Crippen LogP) is 3.77. The minimum atomic E-state index is -0.473. The molecule has 2 aromatic carbocycles. The Morgan fingerprint density at radius 1 is 1.22 bits per heavy atom. The van der Waals surface area contributed by atoms with Gasteiger partial charge in [0.2, 0.25) is 0 Å². The summed E-state index contributed by atoms with van der Waals surface area (Å²) in [5, 5.41) is 11.9. The Labute approximate surface area is 162 Å². The van der Waals surface area contributed by atoms with E-state index in [1.165, 1.54) is 12.1 Å². The number of halogens is 1. The van der Waals surface area contributed by atoms with E-state index in [2.05, 4.69) is 0 Å². The summed E-state index contributed by atoms with van der Waals surface area (Å²) in [4.78, 5) is 23.5. The van der Waals surface area contributed by atoms with Crippen molar-refractivity contribution in [3.63, 3.8) is 0 Å². The van der Waals surface area contributed by atoms with E-state index in [1.807, 2.05) is 30.3 Å². The highest BCUT2D eigenvalue weighted by Gasteiger charge is 2.26. The average Bonchev–Trinajstić information content (AvgIpc) is 2.96. The first-order valence-corrected chi connectivity index (χ1v) is 8.31. The Morgan fingerprint density at radius 2 is 1.93 bits per heavy atom. The summed E-state index contributed by atoms with van der Waals surface area (Å²) in [6.45, 7) is 2.69. The summed E-state index contributed by atoms with van der Waals surface area (Å²) >= 11 is 0. The van der Waals surface area contributed by atoms with E-state index in [9.17, 15) is 14.9 Å². The molecule has 27 heavy (non-hydrogen) atoms. The summed E-state index contributed by atoms with van der Waals surface area (Å²) in [5.74, 6) is -0.473. The van der Waals surface area contributed by atoms with Gasteiger partial charge in [-0.05, 0) is 18.6 Å². The fourth-order valence-corrected chi connectivity index (χ4v) is 3.13. The Kier molecular flexibility index (Phi) is 6.55. The second kappa shape index (κ2) is 8.66. The van der Waals surface area contributed by atoms with Crippen molar-refractivity contribution < 1.29 is 14.5 Å². The highest BCUT2D eigenvalue weighted by molar-refractivity contribution is 6.09. The summed E-state index contributed by atoms with van der Waals surface area (Å²) < 4.78 is 7.03. The molecule has 0 aliphatic rings. The molecule has 8 heteroatoms. The van der Waals surface area contributed by atoms with Crippen molar-refractivity contribution in [2.75, 3.05) is 13.2 Å². The van der Waals surface area contributed by atoms with Crippen LogP contribution in [0, 0.1) is 10.1 Å². The Morgan fingerprint density at radius 3 is 2.52 bits per heavy atom. The van der Waals surface area contributed by atoms with Crippen LogP contribution in [-0.2, 0) is 11.3 Å². The van der Waals surface area contributed by atoms with Crippen LogP contribution in [0.1, 0.15) is 17.4 Å². The smallest absolute Gasteiger partial charge is 0.355 e. The van der Waals surface area contributed by atoms with Gasteiger partial charge in [0.1, 0.15) is 5.69 Å². The number of esters is 1. The standard InChI is InChI=1S/C19H19N3O4.ClH/c1-2-26-19(23)18-17(13-6-4-3-5-7-13)15-12-14(22(24)25)8-9-16(15)21(18)11-10-20;/h3-9,12H,2,10-11,20H2,1H3;1H. The van der Waals surface area contributed by atoms with E-state index < -0.39 is 10.9 Å². The van der Waals surface area contributed by atoms with Crippen molar-refractivity contribution >= 4 is 35.0 Å². The number of hydrogen-bond donors (Lipinski definition) is 1. The number of nitrogens with zero attached hydrogens (tertiary/aromatic N) is 2. The summed E-state index contributed by atoms with van der Waals surface area (Å²) in [7, 11) is 0. The third kappa shape index (κ3) is 3.79. The van der Waals surface area contributed by atoms with Gasteiger partial charge in [-0.25, -0.2) is 4.79 Å². The molecule has 3 aromatic rings. The van der Waals surface area contributed by atoms with Gasteiger partial charge < -0.3 is 15.0 Å². The monoisotopic (exact) mass is 389 g/mol. The van der Waals surface area contributed by atoms with Crippen molar-refractivity contribution in [1.82, 2.24) is 4.57 Å². The molecule has 0 fully saturated rings. The van der Waals surface area contributed by atoms with Gasteiger partial charge in [-0.1, -0.05) is 30.3 Å². The molecule has 0 spiro atoms. The van der Waals surface area contributed by atoms with Crippen LogP contribution in [0.5, 0.6) is 0 Å². The molecule has 0 aliphatic heterocycles. The van der Waals surface area contributed by atoms with Gasteiger partial charge in [0.05, 0.1) is 11.5 Å². The normalized spacial score (nSPS) is 10.4. The SMILES string of the molecule is CCOC(=O)c1c(-c2ccccc2)c2cc([N+](=O)[O-])ccc2n1CCN.Cl. The summed E-state index contributed by atoms with van der Waals surface area (Å²) in [6, 6.07) is 13.9. The van der Waals surface area contributed by atoms with Gasteiger partial charge in [-0.15, -0.1) is 12.4 Å². The zero-order chi connectivity index (χ0) is 18.7. The number of nitrogens with two attached hydrogens (primary N) is 1. The molecule has 3 rings (SSSR count). The van der Waals surface area contributed by atoms with Crippen molar-refractivity contribution in [3.05, 3.63) is 64.3 Å². The minimum Gasteiger partial charge on any atom is -0.461 e. The van der Waals surface area contributed by atoms with Crippen molar-refractivity contribution in [1.29, 1.82) is 0 Å². The minimum absolute atomic E-state index is 0. The highest BCUT2D eigenvalue weighted by Crippen LogP contribution is 2.37. The number of ether oxygens (including phenoxy) is 1. The van der Waals surface area contributed by atoms with E-state index >= 15 is 0 Å². The summed E-state index contributed by atoms with van der Waals surface area (Å²) in [6.07, 6.45) is 0. The third-order valence-corrected chi connectivity index (χ3v) is 4.14. The van der Waals surface area contributed by atoms with Crippen LogP contribution in [0.2, 0.25) is 0 Å². The number of hydrogen-bond acceptors (Lipinski definition) is 5. The molecule has 0 bridgehead atoms. The molecule has 1 aromatic heterocycles. The molecule has 0 radical (unpaired) electrons. The molecule has 1 heterocycles.